The summed E-state index contributed by atoms with van der Waals surface area (Å²) in [4.78, 5) is 11.5. The summed E-state index contributed by atoms with van der Waals surface area (Å²) in [6.07, 6.45) is -4.90. The molecular weight excluding hydrogens is 407 g/mol. The molecular formula is C16H17ClF3N3O3S. The predicted molar refractivity (Wildman–Crippen MR) is 94.1 cm³/mol. The normalized spacial score (nSPS) is 13.8. The fourth-order valence-electron chi connectivity index (χ4n) is 2.84. The van der Waals surface area contributed by atoms with Crippen molar-refractivity contribution in [2.24, 2.45) is 7.05 Å². The fourth-order valence-corrected chi connectivity index (χ4v) is 4.66. The van der Waals surface area contributed by atoms with E-state index in [-0.39, 0.29) is 26.1 Å². The van der Waals surface area contributed by atoms with Crippen LogP contribution in [0.15, 0.2) is 34.0 Å². The zero-order valence-corrected chi connectivity index (χ0v) is 16.4. The van der Waals surface area contributed by atoms with E-state index in [0.29, 0.717) is 0 Å². The molecule has 27 heavy (non-hydrogen) atoms. The van der Waals surface area contributed by atoms with E-state index in [9.17, 15) is 26.4 Å². The summed E-state index contributed by atoms with van der Waals surface area (Å²) in [5.41, 5.74) is -1.28. The van der Waals surface area contributed by atoms with E-state index < -0.39 is 32.7 Å². The van der Waals surface area contributed by atoms with Crippen LogP contribution >= 0.6 is 11.6 Å². The van der Waals surface area contributed by atoms with Crippen molar-refractivity contribution in [3.63, 3.8) is 0 Å². The largest absolute Gasteiger partial charge is 0.409 e. The lowest BCUT2D eigenvalue weighted by atomic mass is 10.1. The molecule has 2 aromatic rings. The quantitative estimate of drug-likeness (QED) is 0.758. The third kappa shape index (κ3) is 4.02. The van der Waals surface area contributed by atoms with E-state index in [1.54, 1.807) is 0 Å². The monoisotopic (exact) mass is 423 g/mol. The van der Waals surface area contributed by atoms with Crippen LogP contribution in [0.1, 0.15) is 22.9 Å². The molecule has 0 unspecified atom stereocenters. The minimum absolute atomic E-state index is 0.0709. The third-order valence-corrected chi connectivity index (χ3v) is 6.42. The molecule has 0 amide bonds. The second kappa shape index (κ2) is 7.25. The van der Waals surface area contributed by atoms with Gasteiger partial charge in [0.1, 0.15) is 10.9 Å². The van der Waals surface area contributed by atoms with Crippen LogP contribution in [0.4, 0.5) is 13.2 Å². The van der Waals surface area contributed by atoms with E-state index in [2.05, 4.69) is 5.10 Å². The highest BCUT2D eigenvalue weighted by Crippen LogP contribution is 2.40. The Bertz CT molecular complexity index is 1020. The van der Waals surface area contributed by atoms with Crippen LogP contribution in [0.5, 0.6) is 0 Å². The lowest BCUT2D eigenvalue weighted by Gasteiger charge is -2.30. The highest BCUT2D eigenvalue weighted by atomic mass is 35.5. The molecule has 0 spiro atoms. The molecule has 1 aromatic carbocycles. The molecule has 0 saturated heterocycles. The lowest BCUT2D eigenvalue weighted by Crippen LogP contribution is -2.41. The first-order chi connectivity index (χ1) is 12.3. The number of sulfonamides is 1. The summed E-state index contributed by atoms with van der Waals surface area (Å²) in [6, 6.07) is 2.24. The molecule has 0 aliphatic rings. The Balaban J connectivity index is 2.68. The van der Waals surface area contributed by atoms with Gasteiger partial charge in [-0.25, -0.2) is 13.1 Å². The minimum Gasteiger partial charge on any atom is -0.267 e. The van der Waals surface area contributed by atoms with Gasteiger partial charge >= 0.3 is 6.18 Å². The average Bonchev–Trinajstić information content (AvgIpc) is 2.53. The van der Waals surface area contributed by atoms with Gasteiger partial charge in [0.25, 0.3) is 5.56 Å². The number of hydrogen-bond acceptors (Lipinski definition) is 4. The van der Waals surface area contributed by atoms with Gasteiger partial charge in [-0.2, -0.15) is 22.6 Å². The van der Waals surface area contributed by atoms with Gasteiger partial charge in [-0.15, -0.1) is 0 Å². The van der Waals surface area contributed by atoms with Crippen LogP contribution < -0.4 is 5.56 Å². The SMILES string of the molecule is Cc1nn(C)c(=O)c(C)c1S(=O)(=O)N(C)[C@H](c1ccc(Cl)cc1)C(F)(F)F. The number of halogens is 4. The molecule has 0 bridgehead atoms. The van der Waals surface area contributed by atoms with Crippen molar-refractivity contribution >= 4 is 21.6 Å². The molecule has 0 saturated carbocycles. The highest BCUT2D eigenvalue weighted by Gasteiger charge is 2.48. The molecule has 0 aliphatic heterocycles. The van der Waals surface area contributed by atoms with Crippen LogP contribution in [0.25, 0.3) is 0 Å². The molecule has 0 fully saturated rings. The molecule has 1 heterocycles. The van der Waals surface area contributed by atoms with E-state index in [4.69, 9.17) is 11.6 Å². The molecule has 0 radical (unpaired) electrons. The lowest BCUT2D eigenvalue weighted by molar-refractivity contribution is -0.171. The van der Waals surface area contributed by atoms with Crippen LogP contribution in [0.2, 0.25) is 5.02 Å². The maximum atomic E-state index is 13.7. The van der Waals surface area contributed by atoms with Crippen LogP contribution in [0, 0.1) is 13.8 Å². The van der Waals surface area contributed by atoms with Gasteiger partial charge in [0.05, 0.1) is 5.69 Å². The smallest absolute Gasteiger partial charge is 0.267 e. The van der Waals surface area contributed by atoms with E-state index in [1.807, 2.05) is 0 Å². The number of rotatable bonds is 4. The number of aromatic nitrogens is 2. The number of nitrogens with zero attached hydrogens (tertiary/aromatic N) is 3. The topological polar surface area (TPSA) is 72.3 Å². The van der Waals surface area contributed by atoms with Crippen molar-refractivity contribution in [2.75, 3.05) is 7.05 Å². The summed E-state index contributed by atoms with van der Waals surface area (Å²) >= 11 is 5.71. The maximum Gasteiger partial charge on any atom is 0.409 e. The molecule has 6 nitrogen and oxygen atoms in total. The summed E-state index contributed by atoms with van der Waals surface area (Å²) in [6.45, 7) is 2.56. The standard InChI is InChI=1S/C16H17ClF3N3O3S/c1-9-13(10(2)21-22(3)15(9)24)27(25,26)23(4)14(16(18,19)20)11-5-7-12(17)8-6-11/h5-8,14H,1-4H3/t14-/m1/s1. The van der Waals surface area contributed by atoms with Gasteiger partial charge in [-0.3, -0.25) is 4.79 Å². The minimum atomic E-state index is -4.90. The Kier molecular flexibility index (Phi) is 5.74. The molecule has 2 rings (SSSR count). The molecule has 1 aromatic heterocycles. The molecule has 11 heteroatoms. The van der Waals surface area contributed by atoms with Crippen molar-refractivity contribution < 1.29 is 21.6 Å². The summed E-state index contributed by atoms with van der Waals surface area (Å²) in [5.74, 6) is 0. The van der Waals surface area contributed by atoms with Gasteiger partial charge in [0.2, 0.25) is 10.0 Å². The Labute approximate surface area is 159 Å². The van der Waals surface area contributed by atoms with Crippen molar-refractivity contribution in [3.05, 3.63) is 56.5 Å². The van der Waals surface area contributed by atoms with Crippen molar-refractivity contribution in [1.82, 2.24) is 14.1 Å². The molecule has 148 valence electrons. The second-order valence-corrected chi connectivity index (χ2v) is 8.36. The van der Waals surface area contributed by atoms with Crippen molar-refractivity contribution in [1.29, 1.82) is 0 Å². The van der Waals surface area contributed by atoms with Crippen LogP contribution in [-0.4, -0.2) is 35.7 Å². The molecule has 0 N–H and O–H groups in total. The summed E-state index contributed by atoms with van der Waals surface area (Å²) < 4.78 is 68.3. The van der Waals surface area contributed by atoms with Gasteiger partial charge in [-0.05, 0) is 31.5 Å². The third-order valence-electron chi connectivity index (χ3n) is 4.08. The first kappa shape index (κ1) is 21.4. The first-order valence-corrected chi connectivity index (χ1v) is 9.45. The van der Waals surface area contributed by atoms with E-state index in [1.165, 1.54) is 33.0 Å². The highest BCUT2D eigenvalue weighted by molar-refractivity contribution is 7.89. The van der Waals surface area contributed by atoms with E-state index >= 15 is 0 Å². The fraction of sp³-hybridized carbons (Fsp3) is 0.375. The number of benzene rings is 1. The van der Waals surface area contributed by atoms with Gasteiger partial charge in [-0.1, -0.05) is 23.7 Å². The Hall–Kier alpha value is -1.91. The van der Waals surface area contributed by atoms with Crippen LogP contribution in [0.3, 0.4) is 0 Å². The first-order valence-electron chi connectivity index (χ1n) is 7.63. The van der Waals surface area contributed by atoms with Crippen LogP contribution in [-0.2, 0) is 17.1 Å². The van der Waals surface area contributed by atoms with Crippen molar-refractivity contribution in [2.45, 2.75) is 31.0 Å². The second-order valence-electron chi connectivity index (χ2n) is 5.99. The summed E-state index contributed by atoms with van der Waals surface area (Å²) in [7, 11) is -2.53. The maximum absolute atomic E-state index is 13.7. The predicted octanol–water partition coefficient (Wildman–Crippen LogP) is 2.97. The zero-order valence-electron chi connectivity index (χ0n) is 14.9. The number of aryl methyl sites for hydroxylation is 2. The zero-order chi connectivity index (χ0) is 20.7. The van der Waals surface area contributed by atoms with Crippen molar-refractivity contribution in [3.8, 4) is 0 Å². The van der Waals surface area contributed by atoms with Gasteiger partial charge in [0.15, 0.2) is 0 Å². The number of hydrogen-bond donors (Lipinski definition) is 0. The molecule has 1 atom stereocenters. The summed E-state index contributed by atoms with van der Waals surface area (Å²) in [5, 5.41) is 4.00. The van der Waals surface area contributed by atoms with E-state index in [0.717, 1.165) is 23.9 Å². The Morgan fingerprint density at radius 1 is 1.19 bits per heavy atom. The average molecular weight is 424 g/mol. The van der Waals surface area contributed by atoms with Gasteiger partial charge < -0.3 is 0 Å². The Morgan fingerprint density at radius 2 is 1.70 bits per heavy atom. The molecule has 0 aliphatic carbocycles. The van der Waals surface area contributed by atoms with Gasteiger partial charge in [0, 0.05) is 24.7 Å². The Morgan fingerprint density at radius 3 is 2.19 bits per heavy atom. The number of alkyl halides is 3.